The fraction of sp³-hybridized carbons (Fsp3) is 0.133. The van der Waals surface area contributed by atoms with Gasteiger partial charge >= 0.3 is 0 Å². The summed E-state index contributed by atoms with van der Waals surface area (Å²) >= 11 is 11.2. The van der Waals surface area contributed by atoms with Crippen molar-refractivity contribution < 1.29 is 0 Å². The maximum atomic E-state index is 6.22. The highest BCUT2D eigenvalue weighted by molar-refractivity contribution is 7.80. The Morgan fingerprint density at radius 2 is 1.84 bits per heavy atom. The summed E-state index contributed by atoms with van der Waals surface area (Å²) in [5.74, 6) is 0. The summed E-state index contributed by atoms with van der Waals surface area (Å²) in [6.45, 7) is 2.95. The van der Waals surface area contributed by atoms with E-state index < -0.39 is 0 Å². The quantitative estimate of drug-likeness (QED) is 0.859. The molecule has 0 bridgehead atoms. The van der Waals surface area contributed by atoms with Crippen molar-refractivity contribution in [2.45, 2.75) is 6.92 Å². The molecule has 0 saturated carbocycles. The number of nitrogens with two attached hydrogens (primary N) is 1. The lowest BCUT2D eigenvalue weighted by atomic mass is 10.1. The largest absolute Gasteiger partial charge is 0.389 e. The van der Waals surface area contributed by atoms with Crippen molar-refractivity contribution in [1.82, 2.24) is 0 Å². The minimum absolute atomic E-state index is 0.319. The van der Waals surface area contributed by atoms with Gasteiger partial charge in [0.2, 0.25) is 0 Å². The molecule has 0 saturated heterocycles. The van der Waals surface area contributed by atoms with Gasteiger partial charge in [0.1, 0.15) is 4.99 Å². The molecular weight excluding hydrogens is 276 g/mol. The van der Waals surface area contributed by atoms with Crippen LogP contribution >= 0.6 is 23.8 Å². The van der Waals surface area contributed by atoms with Gasteiger partial charge in [-0.15, -0.1) is 0 Å². The van der Waals surface area contributed by atoms with Crippen LogP contribution in [0.4, 0.5) is 11.4 Å². The van der Waals surface area contributed by atoms with E-state index in [2.05, 4.69) is 24.0 Å². The van der Waals surface area contributed by atoms with Crippen molar-refractivity contribution >= 4 is 40.2 Å². The number of nitrogens with zero attached hydrogens (tertiary/aromatic N) is 1. The fourth-order valence-corrected chi connectivity index (χ4v) is 2.50. The minimum Gasteiger partial charge on any atom is -0.389 e. The van der Waals surface area contributed by atoms with Crippen LogP contribution in [0, 0.1) is 0 Å². The first-order valence-corrected chi connectivity index (χ1v) is 6.84. The highest BCUT2D eigenvalue weighted by Gasteiger charge is 2.10. The van der Waals surface area contributed by atoms with E-state index >= 15 is 0 Å². The summed E-state index contributed by atoms with van der Waals surface area (Å²) in [6.07, 6.45) is 0. The highest BCUT2D eigenvalue weighted by atomic mass is 35.5. The molecule has 2 rings (SSSR count). The van der Waals surface area contributed by atoms with Crippen molar-refractivity contribution in [3.63, 3.8) is 0 Å². The van der Waals surface area contributed by atoms with E-state index in [-0.39, 0.29) is 0 Å². The van der Waals surface area contributed by atoms with Gasteiger partial charge in [-0.05, 0) is 37.3 Å². The van der Waals surface area contributed by atoms with E-state index in [0.717, 1.165) is 17.9 Å². The molecule has 2 nitrogen and oxygen atoms in total. The molecule has 0 aliphatic heterocycles. The van der Waals surface area contributed by atoms with Crippen LogP contribution in [-0.2, 0) is 0 Å². The first-order chi connectivity index (χ1) is 9.13. The molecule has 2 N–H and O–H groups in total. The topological polar surface area (TPSA) is 29.3 Å². The van der Waals surface area contributed by atoms with Crippen LogP contribution in [0.1, 0.15) is 12.5 Å². The van der Waals surface area contributed by atoms with Gasteiger partial charge in [0.25, 0.3) is 0 Å². The molecule has 19 heavy (non-hydrogen) atoms. The molecule has 0 fully saturated rings. The van der Waals surface area contributed by atoms with E-state index in [4.69, 9.17) is 29.6 Å². The first-order valence-electron chi connectivity index (χ1n) is 6.05. The van der Waals surface area contributed by atoms with Crippen LogP contribution < -0.4 is 10.6 Å². The van der Waals surface area contributed by atoms with E-state index in [1.54, 1.807) is 0 Å². The second kappa shape index (κ2) is 6.04. The van der Waals surface area contributed by atoms with Crippen LogP contribution in [0.15, 0.2) is 48.5 Å². The third-order valence-electron chi connectivity index (χ3n) is 2.91. The second-order valence-corrected chi connectivity index (χ2v) is 4.96. The van der Waals surface area contributed by atoms with Crippen molar-refractivity contribution in [1.29, 1.82) is 0 Å². The normalized spacial score (nSPS) is 10.2. The summed E-state index contributed by atoms with van der Waals surface area (Å²) in [5, 5.41) is 0.583. The fourth-order valence-electron chi connectivity index (χ4n) is 1.99. The molecule has 98 valence electrons. The number of halogens is 1. The highest BCUT2D eigenvalue weighted by Crippen LogP contribution is 2.29. The van der Waals surface area contributed by atoms with Crippen LogP contribution in [-0.4, -0.2) is 11.5 Å². The van der Waals surface area contributed by atoms with Crippen molar-refractivity contribution in [3.8, 4) is 0 Å². The summed E-state index contributed by atoms with van der Waals surface area (Å²) in [4.78, 5) is 2.49. The van der Waals surface area contributed by atoms with Crippen molar-refractivity contribution in [3.05, 3.63) is 59.1 Å². The monoisotopic (exact) mass is 290 g/mol. The van der Waals surface area contributed by atoms with Gasteiger partial charge in [0, 0.05) is 23.5 Å². The lowest BCUT2D eigenvalue weighted by Gasteiger charge is -2.23. The second-order valence-electron chi connectivity index (χ2n) is 4.11. The average molecular weight is 291 g/mol. The Kier molecular flexibility index (Phi) is 4.40. The zero-order chi connectivity index (χ0) is 13.8. The third kappa shape index (κ3) is 3.06. The summed E-state index contributed by atoms with van der Waals surface area (Å²) in [5.41, 5.74) is 8.49. The Morgan fingerprint density at radius 1 is 1.16 bits per heavy atom. The number of benzene rings is 2. The van der Waals surface area contributed by atoms with Crippen LogP contribution in [0.2, 0.25) is 5.02 Å². The molecule has 0 aliphatic carbocycles. The molecule has 0 spiro atoms. The number of anilines is 2. The Hall–Kier alpha value is -1.58. The number of rotatable bonds is 4. The molecule has 0 aromatic heterocycles. The molecule has 4 heteroatoms. The lowest BCUT2D eigenvalue weighted by molar-refractivity contribution is 1.02. The Balaban J connectivity index is 2.40. The third-order valence-corrected chi connectivity index (χ3v) is 3.45. The van der Waals surface area contributed by atoms with Gasteiger partial charge in [-0.2, -0.15) is 0 Å². The molecule has 2 aromatic rings. The van der Waals surface area contributed by atoms with E-state index in [1.807, 2.05) is 36.4 Å². The van der Waals surface area contributed by atoms with Crippen molar-refractivity contribution in [2.24, 2.45) is 5.73 Å². The Labute approximate surface area is 123 Å². The maximum Gasteiger partial charge on any atom is 0.105 e. The van der Waals surface area contributed by atoms with Crippen molar-refractivity contribution in [2.75, 3.05) is 11.4 Å². The van der Waals surface area contributed by atoms with E-state index in [1.165, 1.54) is 0 Å². The predicted molar refractivity (Wildman–Crippen MR) is 86.5 cm³/mol. The number of thiocarbonyl (C=S) groups is 1. The number of para-hydroxylation sites is 1. The first kappa shape index (κ1) is 13.8. The number of hydrogen-bond donors (Lipinski definition) is 1. The van der Waals surface area contributed by atoms with Gasteiger partial charge in [-0.25, -0.2) is 0 Å². The summed E-state index contributed by atoms with van der Waals surface area (Å²) in [7, 11) is 0. The van der Waals surface area contributed by atoms with Crippen LogP contribution in [0.5, 0.6) is 0 Å². The van der Waals surface area contributed by atoms with E-state index in [0.29, 0.717) is 15.6 Å². The predicted octanol–water partition coefficient (Wildman–Crippen LogP) is 4.13. The lowest BCUT2D eigenvalue weighted by Crippen LogP contribution is -2.16. The van der Waals surface area contributed by atoms with E-state index in [9.17, 15) is 0 Å². The van der Waals surface area contributed by atoms with Gasteiger partial charge in [0.15, 0.2) is 0 Å². The molecule has 0 atom stereocenters. The van der Waals surface area contributed by atoms with Crippen LogP contribution in [0.25, 0.3) is 0 Å². The molecule has 0 unspecified atom stereocenters. The molecule has 2 aromatic carbocycles. The zero-order valence-corrected chi connectivity index (χ0v) is 12.2. The summed E-state index contributed by atoms with van der Waals surface area (Å²) in [6, 6.07) is 15.9. The molecule has 0 radical (unpaired) electrons. The molecule has 0 amide bonds. The average Bonchev–Trinajstić information content (AvgIpc) is 2.40. The summed E-state index contributed by atoms with van der Waals surface area (Å²) < 4.78 is 0. The molecular formula is C15H15ClN2S. The SMILES string of the molecule is CCN(c1ccccc1)c1ccc(C(N)=S)c(Cl)c1. The minimum atomic E-state index is 0.319. The standard InChI is InChI=1S/C15H15ClN2S/c1-2-18(11-6-4-3-5-7-11)12-8-9-13(15(17)19)14(16)10-12/h3-10H,2H2,1H3,(H2,17,19). The maximum absolute atomic E-state index is 6.22. The van der Waals surface area contributed by atoms with Gasteiger partial charge in [-0.3, -0.25) is 0 Å². The molecule has 0 aliphatic rings. The van der Waals surface area contributed by atoms with Gasteiger partial charge in [0.05, 0.1) is 5.02 Å². The Morgan fingerprint density at radius 3 is 2.37 bits per heavy atom. The van der Waals surface area contributed by atoms with Crippen LogP contribution in [0.3, 0.4) is 0 Å². The Bertz CT molecular complexity index is 584. The zero-order valence-electron chi connectivity index (χ0n) is 10.6. The van der Waals surface area contributed by atoms with Gasteiger partial charge in [-0.1, -0.05) is 42.0 Å². The molecule has 0 heterocycles. The number of hydrogen-bond acceptors (Lipinski definition) is 2. The smallest absolute Gasteiger partial charge is 0.105 e. The van der Waals surface area contributed by atoms with Gasteiger partial charge < -0.3 is 10.6 Å².